The van der Waals surface area contributed by atoms with Crippen molar-refractivity contribution in [3.63, 3.8) is 0 Å². The van der Waals surface area contributed by atoms with Gasteiger partial charge in [-0.05, 0) is 43.2 Å². The van der Waals surface area contributed by atoms with Crippen LogP contribution in [0.3, 0.4) is 0 Å². The van der Waals surface area contributed by atoms with Crippen molar-refractivity contribution in [2.24, 2.45) is 5.92 Å². The molecule has 1 heterocycles. The number of hydrogen-bond donors (Lipinski definition) is 2. The van der Waals surface area contributed by atoms with E-state index in [2.05, 4.69) is 10.6 Å². The van der Waals surface area contributed by atoms with Gasteiger partial charge in [-0.2, -0.15) is 0 Å². The van der Waals surface area contributed by atoms with Crippen molar-refractivity contribution in [3.05, 3.63) is 65.7 Å². The average Bonchev–Trinajstić information content (AvgIpc) is 3.14. The van der Waals surface area contributed by atoms with Crippen molar-refractivity contribution in [2.75, 3.05) is 11.4 Å². The minimum Gasteiger partial charge on any atom is -0.352 e. The molecule has 1 fully saturated rings. The minimum atomic E-state index is -0.375. The molecule has 6 nitrogen and oxygen atoms in total. The van der Waals surface area contributed by atoms with E-state index in [1.54, 1.807) is 17.0 Å². The molecule has 0 aliphatic carbocycles. The maximum absolute atomic E-state index is 12.6. The number of anilines is 1. The molecular weight excluding hydrogens is 366 g/mol. The van der Waals surface area contributed by atoms with E-state index in [-0.39, 0.29) is 36.1 Å². The first-order chi connectivity index (χ1) is 14.0. The number of benzene rings is 2. The molecule has 1 aliphatic rings. The Morgan fingerprint density at radius 1 is 1.14 bits per heavy atom. The van der Waals surface area contributed by atoms with E-state index in [1.807, 2.05) is 56.3 Å². The number of rotatable bonds is 7. The molecule has 6 heteroatoms. The molecule has 0 aromatic heterocycles. The molecule has 152 valence electrons. The SMILES string of the molecule is CC[C@@H](C)NC(=O)c1cccc(CNC(=O)[C@H]2CC(=O)N(c3ccccc3)C2)c1. The van der Waals surface area contributed by atoms with Gasteiger partial charge in [0, 0.05) is 36.8 Å². The van der Waals surface area contributed by atoms with Crippen LogP contribution in [0.4, 0.5) is 5.69 Å². The normalized spacial score (nSPS) is 17.1. The zero-order valence-corrected chi connectivity index (χ0v) is 16.9. The molecule has 0 spiro atoms. The summed E-state index contributed by atoms with van der Waals surface area (Å²) in [6.07, 6.45) is 1.07. The first-order valence-electron chi connectivity index (χ1n) is 10.0. The summed E-state index contributed by atoms with van der Waals surface area (Å²) in [5.41, 5.74) is 2.23. The van der Waals surface area contributed by atoms with E-state index in [4.69, 9.17) is 0 Å². The molecule has 3 amide bonds. The summed E-state index contributed by atoms with van der Waals surface area (Å²) in [7, 11) is 0. The molecule has 0 bridgehead atoms. The third-order valence-corrected chi connectivity index (χ3v) is 5.21. The fourth-order valence-electron chi connectivity index (χ4n) is 3.31. The lowest BCUT2D eigenvalue weighted by Crippen LogP contribution is -2.33. The lowest BCUT2D eigenvalue weighted by molar-refractivity contribution is -0.126. The summed E-state index contributed by atoms with van der Waals surface area (Å²) < 4.78 is 0. The molecule has 29 heavy (non-hydrogen) atoms. The monoisotopic (exact) mass is 393 g/mol. The van der Waals surface area contributed by atoms with Crippen LogP contribution in [0, 0.1) is 5.92 Å². The van der Waals surface area contributed by atoms with Crippen molar-refractivity contribution in [1.82, 2.24) is 10.6 Å². The van der Waals surface area contributed by atoms with Crippen LogP contribution in [-0.2, 0) is 16.1 Å². The topological polar surface area (TPSA) is 78.5 Å². The van der Waals surface area contributed by atoms with E-state index < -0.39 is 0 Å². The second kappa shape index (κ2) is 9.37. The van der Waals surface area contributed by atoms with E-state index in [1.165, 1.54) is 0 Å². The predicted octanol–water partition coefficient (Wildman–Crippen LogP) is 2.88. The maximum atomic E-state index is 12.6. The molecule has 2 N–H and O–H groups in total. The highest BCUT2D eigenvalue weighted by Gasteiger charge is 2.34. The highest BCUT2D eigenvalue weighted by atomic mass is 16.2. The fourth-order valence-corrected chi connectivity index (χ4v) is 3.31. The van der Waals surface area contributed by atoms with Gasteiger partial charge < -0.3 is 15.5 Å². The Bertz CT molecular complexity index is 882. The largest absolute Gasteiger partial charge is 0.352 e. The number of nitrogens with one attached hydrogen (secondary N) is 2. The number of carbonyl (C=O) groups excluding carboxylic acids is 3. The number of para-hydroxylation sites is 1. The van der Waals surface area contributed by atoms with Crippen molar-refractivity contribution in [3.8, 4) is 0 Å². The van der Waals surface area contributed by atoms with Gasteiger partial charge in [0.25, 0.3) is 5.91 Å². The molecular formula is C23H27N3O3. The van der Waals surface area contributed by atoms with Crippen LogP contribution in [0.5, 0.6) is 0 Å². The third kappa shape index (κ3) is 5.22. The summed E-state index contributed by atoms with van der Waals surface area (Å²) in [5, 5.41) is 5.84. The van der Waals surface area contributed by atoms with Gasteiger partial charge in [0.05, 0.1) is 5.92 Å². The zero-order chi connectivity index (χ0) is 20.8. The van der Waals surface area contributed by atoms with Crippen LogP contribution in [0.1, 0.15) is 42.6 Å². The Morgan fingerprint density at radius 3 is 2.62 bits per heavy atom. The third-order valence-electron chi connectivity index (χ3n) is 5.21. The van der Waals surface area contributed by atoms with Crippen molar-refractivity contribution in [2.45, 2.75) is 39.3 Å². The average molecular weight is 393 g/mol. The lowest BCUT2D eigenvalue weighted by Gasteiger charge is -2.16. The minimum absolute atomic E-state index is 0.0416. The molecule has 3 rings (SSSR count). The van der Waals surface area contributed by atoms with Crippen LogP contribution < -0.4 is 15.5 Å². The summed E-state index contributed by atoms with van der Waals surface area (Å²) >= 11 is 0. The van der Waals surface area contributed by atoms with Gasteiger partial charge in [0.2, 0.25) is 11.8 Å². The van der Waals surface area contributed by atoms with Gasteiger partial charge in [-0.15, -0.1) is 0 Å². The molecule has 2 aromatic rings. The summed E-state index contributed by atoms with van der Waals surface area (Å²) in [4.78, 5) is 38.8. The molecule has 0 saturated carbocycles. The summed E-state index contributed by atoms with van der Waals surface area (Å²) in [6, 6.07) is 16.7. The number of hydrogen-bond acceptors (Lipinski definition) is 3. The van der Waals surface area contributed by atoms with Crippen molar-refractivity contribution < 1.29 is 14.4 Å². The first-order valence-corrected chi connectivity index (χ1v) is 10.0. The zero-order valence-electron chi connectivity index (χ0n) is 16.9. The van der Waals surface area contributed by atoms with E-state index in [0.717, 1.165) is 17.7 Å². The molecule has 1 aliphatic heterocycles. The predicted molar refractivity (Wildman–Crippen MR) is 112 cm³/mol. The number of carbonyl (C=O) groups is 3. The Labute approximate surface area is 171 Å². The first kappa shape index (κ1) is 20.6. The van der Waals surface area contributed by atoms with Crippen LogP contribution in [0.15, 0.2) is 54.6 Å². The van der Waals surface area contributed by atoms with E-state index in [9.17, 15) is 14.4 Å². The van der Waals surface area contributed by atoms with Crippen molar-refractivity contribution >= 4 is 23.4 Å². The fraction of sp³-hybridized carbons (Fsp3) is 0.348. The maximum Gasteiger partial charge on any atom is 0.251 e. The summed E-state index contributed by atoms with van der Waals surface area (Å²) in [5.74, 6) is -0.682. The molecule has 2 aromatic carbocycles. The number of nitrogens with zero attached hydrogens (tertiary/aromatic N) is 1. The highest BCUT2D eigenvalue weighted by Crippen LogP contribution is 2.24. The molecule has 2 atom stereocenters. The van der Waals surface area contributed by atoms with Crippen LogP contribution in [0.2, 0.25) is 0 Å². The van der Waals surface area contributed by atoms with Gasteiger partial charge in [0.1, 0.15) is 0 Å². The molecule has 1 saturated heterocycles. The van der Waals surface area contributed by atoms with Crippen LogP contribution >= 0.6 is 0 Å². The van der Waals surface area contributed by atoms with E-state index in [0.29, 0.717) is 18.7 Å². The molecule has 0 unspecified atom stereocenters. The smallest absolute Gasteiger partial charge is 0.251 e. The van der Waals surface area contributed by atoms with Gasteiger partial charge in [0.15, 0.2) is 0 Å². The second-order valence-corrected chi connectivity index (χ2v) is 7.44. The van der Waals surface area contributed by atoms with E-state index >= 15 is 0 Å². The van der Waals surface area contributed by atoms with Gasteiger partial charge in [-0.3, -0.25) is 14.4 Å². The molecule has 0 radical (unpaired) electrons. The highest BCUT2D eigenvalue weighted by molar-refractivity contribution is 6.00. The summed E-state index contributed by atoms with van der Waals surface area (Å²) in [6.45, 7) is 4.68. The standard InChI is InChI=1S/C23H27N3O3/c1-3-16(2)25-23(29)18-9-7-8-17(12-18)14-24-22(28)19-13-21(27)26(15-19)20-10-5-4-6-11-20/h4-12,16,19H,3,13-15H2,1-2H3,(H,24,28)(H,25,29)/t16-,19+/m1/s1. The van der Waals surface area contributed by atoms with Crippen LogP contribution in [0.25, 0.3) is 0 Å². The Balaban J connectivity index is 1.56. The number of amides is 3. The van der Waals surface area contributed by atoms with Gasteiger partial charge >= 0.3 is 0 Å². The van der Waals surface area contributed by atoms with Gasteiger partial charge in [-0.25, -0.2) is 0 Å². The Hall–Kier alpha value is -3.15. The Morgan fingerprint density at radius 2 is 1.90 bits per heavy atom. The lowest BCUT2D eigenvalue weighted by atomic mass is 10.1. The van der Waals surface area contributed by atoms with Crippen LogP contribution in [-0.4, -0.2) is 30.3 Å². The second-order valence-electron chi connectivity index (χ2n) is 7.44. The quantitative estimate of drug-likeness (QED) is 0.759. The Kier molecular flexibility index (Phi) is 6.65. The van der Waals surface area contributed by atoms with Crippen molar-refractivity contribution in [1.29, 1.82) is 0 Å². The van der Waals surface area contributed by atoms with Gasteiger partial charge in [-0.1, -0.05) is 37.3 Å².